The van der Waals surface area contributed by atoms with Crippen LogP contribution in [0, 0.1) is 5.41 Å². The molecule has 1 amide bonds. The van der Waals surface area contributed by atoms with Crippen molar-refractivity contribution in [1.82, 2.24) is 5.32 Å². The number of benzene rings is 1. The molecule has 0 radical (unpaired) electrons. The van der Waals surface area contributed by atoms with Gasteiger partial charge in [0, 0.05) is 24.1 Å². The summed E-state index contributed by atoms with van der Waals surface area (Å²) in [5.41, 5.74) is 0.767. The van der Waals surface area contributed by atoms with Gasteiger partial charge in [-0.15, -0.1) is 11.6 Å². The molecule has 1 aliphatic carbocycles. The van der Waals surface area contributed by atoms with Gasteiger partial charge in [-0.2, -0.15) is 0 Å². The normalized spacial score (nSPS) is 15.6. The number of amides is 1. The topological polar surface area (TPSA) is 47.6 Å². The van der Waals surface area contributed by atoms with Crippen LogP contribution < -0.4 is 14.8 Å². The fourth-order valence-corrected chi connectivity index (χ4v) is 2.60. The molecule has 0 aromatic heterocycles. The largest absolute Gasteiger partial charge is 0.497 e. The van der Waals surface area contributed by atoms with Gasteiger partial charge >= 0.3 is 0 Å². The molecule has 0 unspecified atom stereocenters. The van der Waals surface area contributed by atoms with Crippen molar-refractivity contribution >= 4 is 17.5 Å². The molecule has 0 atom stereocenters. The Labute approximate surface area is 124 Å². The highest BCUT2D eigenvalue weighted by Gasteiger charge is 2.41. The number of methoxy groups -OCH3 is 2. The molecule has 1 aromatic carbocycles. The smallest absolute Gasteiger partial charge is 0.251 e. The first-order valence-electron chi connectivity index (χ1n) is 6.70. The first-order valence-corrected chi connectivity index (χ1v) is 7.23. The molecule has 1 fully saturated rings. The Balaban J connectivity index is 2.01. The number of nitrogens with one attached hydrogen (secondary N) is 1. The summed E-state index contributed by atoms with van der Waals surface area (Å²) in [5, 5.41) is 2.98. The van der Waals surface area contributed by atoms with Gasteiger partial charge in [0.2, 0.25) is 0 Å². The van der Waals surface area contributed by atoms with Crippen LogP contribution in [0.25, 0.3) is 0 Å². The molecule has 1 N–H and O–H groups in total. The van der Waals surface area contributed by atoms with Crippen LogP contribution >= 0.6 is 11.6 Å². The predicted molar refractivity (Wildman–Crippen MR) is 78.9 cm³/mol. The van der Waals surface area contributed by atoms with E-state index >= 15 is 0 Å². The van der Waals surface area contributed by atoms with Crippen molar-refractivity contribution in [2.45, 2.75) is 19.3 Å². The Morgan fingerprint density at radius 1 is 1.25 bits per heavy atom. The summed E-state index contributed by atoms with van der Waals surface area (Å²) in [7, 11) is 3.13. The standard InChI is InChI=1S/C15H20ClNO3/c1-19-12-7-11(8-13(9-12)20-2)14(18)17-10-15(3-4-15)5-6-16/h7-9H,3-6,10H2,1-2H3,(H,17,18). The SMILES string of the molecule is COc1cc(OC)cc(C(=O)NCC2(CCCl)CC2)c1. The highest BCUT2D eigenvalue weighted by Crippen LogP contribution is 2.48. The zero-order valence-electron chi connectivity index (χ0n) is 11.9. The summed E-state index contributed by atoms with van der Waals surface area (Å²) in [6.07, 6.45) is 3.24. The Hall–Kier alpha value is -1.42. The van der Waals surface area contributed by atoms with Crippen molar-refractivity contribution in [2.75, 3.05) is 26.6 Å². The third kappa shape index (κ3) is 3.57. The zero-order chi connectivity index (χ0) is 14.6. The average molecular weight is 298 g/mol. The maximum absolute atomic E-state index is 12.2. The van der Waals surface area contributed by atoms with Gasteiger partial charge in [-0.25, -0.2) is 0 Å². The van der Waals surface area contributed by atoms with Crippen molar-refractivity contribution in [3.63, 3.8) is 0 Å². The Morgan fingerprint density at radius 3 is 2.30 bits per heavy atom. The summed E-state index contributed by atoms with van der Waals surface area (Å²) in [6.45, 7) is 0.679. The van der Waals surface area contributed by atoms with E-state index in [2.05, 4.69) is 5.32 Å². The van der Waals surface area contributed by atoms with Crippen LogP contribution in [0.5, 0.6) is 11.5 Å². The molecular weight excluding hydrogens is 278 g/mol. The number of carbonyl (C=O) groups is 1. The van der Waals surface area contributed by atoms with Crippen molar-refractivity contribution in [3.05, 3.63) is 23.8 Å². The summed E-state index contributed by atoms with van der Waals surface area (Å²) in [4.78, 5) is 12.2. The second-order valence-electron chi connectivity index (χ2n) is 5.22. The molecule has 0 spiro atoms. The van der Waals surface area contributed by atoms with E-state index in [9.17, 15) is 4.79 Å². The fraction of sp³-hybridized carbons (Fsp3) is 0.533. The Kier molecular flexibility index (Phi) is 4.76. The van der Waals surface area contributed by atoms with E-state index in [4.69, 9.17) is 21.1 Å². The van der Waals surface area contributed by atoms with Gasteiger partial charge < -0.3 is 14.8 Å². The summed E-state index contributed by atoms with van der Waals surface area (Å²) >= 11 is 5.79. The number of carbonyl (C=O) groups excluding carboxylic acids is 1. The van der Waals surface area contributed by atoms with Crippen molar-refractivity contribution in [2.24, 2.45) is 5.41 Å². The van der Waals surface area contributed by atoms with E-state index < -0.39 is 0 Å². The monoisotopic (exact) mass is 297 g/mol. The second-order valence-corrected chi connectivity index (χ2v) is 5.60. The van der Waals surface area contributed by atoms with Crippen LogP contribution in [0.3, 0.4) is 0 Å². The number of hydrogen-bond acceptors (Lipinski definition) is 3. The number of ether oxygens (including phenoxy) is 2. The van der Waals surface area contributed by atoms with E-state index in [-0.39, 0.29) is 11.3 Å². The maximum Gasteiger partial charge on any atom is 0.251 e. The second kappa shape index (κ2) is 6.35. The van der Waals surface area contributed by atoms with Crippen LogP contribution in [0.2, 0.25) is 0 Å². The lowest BCUT2D eigenvalue weighted by molar-refractivity contribution is 0.0943. The van der Waals surface area contributed by atoms with Gasteiger partial charge in [-0.3, -0.25) is 4.79 Å². The predicted octanol–water partition coefficient (Wildman–Crippen LogP) is 2.84. The van der Waals surface area contributed by atoms with Crippen LogP contribution in [0.15, 0.2) is 18.2 Å². The number of rotatable bonds is 7. The third-order valence-corrected chi connectivity index (χ3v) is 4.01. The molecular formula is C15H20ClNO3. The lowest BCUT2D eigenvalue weighted by atomic mass is 10.0. The lowest BCUT2D eigenvalue weighted by Crippen LogP contribution is -2.30. The molecule has 0 saturated heterocycles. The molecule has 4 nitrogen and oxygen atoms in total. The third-order valence-electron chi connectivity index (χ3n) is 3.82. The van der Waals surface area contributed by atoms with Gasteiger partial charge in [-0.1, -0.05) is 0 Å². The number of hydrogen-bond donors (Lipinski definition) is 1. The van der Waals surface area contributed by atoms with Crippen molar-refractivity contribution in [1.29, 1.82) is 0 Å². The average Bonchev–Trinajstić information content (AvgIpc) is 3.24. The summed E-state index contributed by atoms with van der Waals surface area (Å²) in [6, 6.07) is 5.16. The van der Waals surface area contributed by atoms with Gasteiger partial charge in [0.1, 0.15) is 11.5 Å². The lowest BCUT2D eigenvalue weighted by Gasteiger charge is -2.15. The van der Waals surface area contributed by atoms with Crippen LogP contribution in [-0.4, -0.2) is 32.6 Å². The minimum absolute atomic E-state index is 0.108. The van der Waals surface area contributed by atoms with Crippen molar-refractivity contribution < 1.29 is 14.3 Å². The van der Waals surface area contributed by atoms with E-state index in [0.717, 1.165) is 19.3 Å². The summed E-state index contributed by atoms with van der Waals surface area (Å²) < 4.78 is 10.3. The molecule has 0 heterocycles. The van der Waals surface area contributed by atoms with Gasteiger partial charge in [0.25, 0.3) is 5.91 Å². The molecule has 110 valence electrons. The van der Waals surface area contributed by atoms with Gasteiger partial charge in [-0.05, 0) is 36.8 Å². The zero-order valence-corrected chi connectivity index (χ0v) is 12.6. The Morgan fingerprint density at radius 2 is 1.85 bits per heavy atom. The number of halogens is 1. The van der Waals surface area contributed by atoms with Crippen molar-refractivity contribution in [3.8, 4) is 11.5 Å². The quantitative estimate of drug-likeness (QED) is 0.787. The minimum Gasteiger partial charge on any atom is -0.497 e. The van der Waals surface area contributed by atoms with Crippen LogP contribution in [0.1, 0.15) is 29.6 Å². The first-order chi connectivity index (χ1) is 9.62. The van der Waals surface area contributed by atoms with Crippen LogP contribution in [0.4, 0.5) is 0 Å². The fourth-order valence-electron chi connectivity index (χ4n) is 2.20. The summed E-state index contributed by atoms with van der Waals surface area (Å²) in [5.74, 6) is 1.75. The van der Waals surface area contributed by atoms with E-state index in [1.54, 1.807) is 32.4 Å². The van der Waals surface area contributed by atoms with Gasteiger partial charge in [0.15, 0.2) is 0 Å². The van der Waals surface area contributed by atoms with E-state index in [1.807, 2.05) is 0 Å². The van der Waals surface area contributed by atoms with Gasteiger partial charge in [0.05, 0.1) is 14.2 Å². The molecule has 0 bridgehead atoms. The molecule has 20 heavy (non-hydrogen) atoms. The molecule has 1 aromatic rings. The molecule has 5 heteroatoms. The molecule has 1 saturated carbocycles. The van der Waals surface area contributed by atoms with E-state index in [1.165, 1.54) is 0 Å². The maximum atomic E-state index is 12.2. The highest BCUT2D eigenvalue weighted by atomic mass is 35.5. The molecule has 2 rings (SSSR count). The minimum atomic E-state index is -0.108. The Bertz CT molecular complexity index is 464. The first kappa shape index (κ1) is 15.0. The van der Waals surface area contributed by atoms with E-state index in [0.29, 0.717) is 29.5 Å². The number of alkyl halides is 1. The van der Waals surface area contributed by atoms with Crippen LogP contribution in [-0.2, 0) is 0 Å². The highest BCUT2D eigenvalue weighted by molar-refractivity contribution is 6.17. The molecule has 1 aliphatic rings. The molecule has 0 aliphatic heterocycles.